The molecule has 30 heavy (non-hydrogen) atoms. The number of aromatic nitrogens is 2. The van der Waals surface area contributed by atoms with Crippen molar-refractivity contribution >= 4 is 34.4 Å². The first kappa shape index (κ1) is 19.3. The molecule has 4 aromatic rings. The molecule has 0 radical (unpaired) electrons. The van der Waals surface area contributed by atoms with E-state index >= 15 is 0 Å². The number of nitrogens with zero attached hydrogens (tertiary/aromatic N) is 2. The molecule has 0 atom stereocenters. The van der Waals surface area contributed by atoms with Crippen LogP contribution < -0.4 is 5.46 Å². The highest BCUT2D eigenvalue weighted by atomic mass is 16.7. The second kappa shape index (κ2) is 6.69. The van der Waals surface area contributed by atoms with E-state index in [-0.39, 0.29) is 18.3 Å². The van der Waals surface area contributed by atoms with Gasteiger partial charge >= 0.3 is 7.12 Å². The van der Waals surface area contributed by atoms with Gasteiger partial charge in [-0.1, -0.05) is 49.4 Å². The van der Waals surface area contributed by atoms with Gasteiger partial charge in [-0.15, -0.1) is 0 Å². The monoisotopic (exact) mass is 398 g/mol. The van der Waals surface area contributed by atoms with E-state index in [1.54, 1.807) is 0 Å². The van der Waals surface area contributed by atoms with Crippen LogP contribution in [0, 0.1) is 0 Å². The van der Waals surface area contributed by atoms with Crippen molar-refractivity contribution in [1.82, 2.24) is 9.55 Å². The number of aryl methyl sites for hydroxylation is 1. The van der Waals surface area contributed by atoms with Gasteiger partial charge in [-0.2, -0.15) is 0 Å². The smallest absolute Gasteiger partial charge is 0.399 e. The van der Waals surface area contributed by atoms with Gasteiger partial charge in [-0.25, -0.2) is 4.98 Å². The van der Waals surface area contributed by atoms with Crippen LogP contribution in [0.1, 0.15) is 40.4 Å². The van der Waals surface area contributed by atoms with Crippen molar-refractivity contribution in [3.8, 4) is 5.69 Å². The van der Waals surface area contributed by atoms with Crippen molar-refractivity contribution in [2.75, 3.05) is 0 Å². The number of rotatable bonds is 3. The Balaban J connectivity index is 1.73. The van der Waals surface area contributed by atoms with E-state index in [4.69, 9.17) is 14.3 Å². The van der Waals surface area contributed by atoms with Crippen LogP contribution in [0.5, 0.6) is 0 Å². The van der Waals surface area contributed by atoms with Crippen molar-refractivity contribution in [1.29, 1.82) is 0 Å². The molecule has 1 aliphatic heterocycles. The predicted octanol–water partition coefficient (Wildman–Crippen LogP) is 5.04. The fourth-order valence-electron chi connectivity index (χ4n) is 4.26. The molecule has 3 aromatic carbocycles. The second-order valence-corrected chi connectivity index (χ2v) is 9.01. The fraction of sp³-hybridized carbons (Fsp3) is 0.320. The summed E-state index contributed by atoms with van der Waals surface area (Å²) in [6, 6.07) is 21.1. The van der Waals surface area contributed by atoms with E-state index < -0.39 is 0 Å². The number of fused-ring (bicyclic) bond motifs is 2. The molecule has 0 spiro atoms. The van der Waals surface area contributed by atoms with Crippen LogP contribution in [0.4, 0.5) is 0 Å². The van der Waals surface area contributed by atoms with Crippen molar-refractivity contribution in [2.45, 2.75) is 52.2 Å². The normalized spacial score (nSPS) is 17.8. The van der Waals surface area contributed by atoms with E-state index in [1.807, 2.05) is 6.07 Å². The molecule has 1 saturated heterocycles. The second-order valence-electron chi connectivity index (χ2n) is 9.01. The standard InChI is InChI=1S/C25H27BN2O2/c1-6-23-27-20-13-9-10-14-22(20)28(23)21-16-15-19(17-11-7-8-12-18(17)21)26-29-24(2,3)25(4,5)30-26/h7-16H,6H2,1-5H3. The van der Waals surface area contributed by atoms with Crippen molar-refractivity contribution in [3.05, 3.63) is 66.5 Å². The maximum atomic E-state index is 6.36. The van der Waals surface area contributed by atoms with Crippen LogP contribution in [0.25, 0.3) is 27.5 Å². The molecule has 5 heteroatoms. The summed E-state index contributed by atoms with van der Waals surface area (Å²) in [6.07, 6.45) is 0.863. The summed E-state index contributed by atoms with van der Waals surface area (Å²) in [7, 11) is -0.390. The topological polar surface area (TPSA) is 36.3 Å². The van der Waals surface area contributed by atoms with Gasteiger partial charge in [0, 0.05) is 11.8 Å². The number of para-hydroxylation sites is 2. The average molecular weight is 398 g/mol. The van der Waals surface area contributed by atoms with Gasteiger partial charge in [0.05, 0.1) is 27.9 Å². The third-order valence-corrected chi connectivity index (χ3v) is 6.63. The van der Waals surface area contributed by atoms with Gasteiger partial charge in [0.1, 0.15) is 5.82 Å². The van der Waals surface area contributed by atoms with Gasteiger partial charge in [0.25, 0.3) is 0 Å². The minimum absolute atomic E-state index is 0.368. The Morgan fingerprint density at radius 1 is 0.833 bits per heavy atom. The first-order valence-corrected chi connectivity index (χ1v) is 10.7. The van der Waals surface area contributed by atoms with Crippen LogP contribution in [0.3, 0.4) is 0 Å². The molecule has 1 aromatic heterocycles. The molecular weight excluding hydrogens is 371 g/mol. The summed E-state index contributed by atoms with van der Waals surface area (Å²) in [5.74, 6) is 1.06. The molecule has 0 unspecified atom stereocenters. The van der Waals surface area contributed by atoms with E-state index in [0.29, 0.717) is 0 Å². The third kappa shape index (κ3) is 2.80. The predicted molar refractivity (Wildman–Crippen MR) is 124 cm³/mol. The molecule has 2 heterocycles. The highest BCUT2D eigenvalue weighted by molar-refractivity contribution is 6.65. The first-order valence-electron chi connectivity index (χ1n) is 10.7. The van der Waals surface area contributed by atoms with E-state index in [9.17, 15) is 0 Å². The SMILES string of the molecule is CCc1nc2ccccc2n1-c1ccc(B2OC(C)(C)C(C)(C)O2)c2ccccc12. The van der Waals surface area contributed by atoms with Crippen molar-refractivity contribution < 1.29 is 9.31 Å². The fourth-order valence-corrected chi connectivity index (χ4v) is 4.26. The van der Waals surface area contributed by atoms with Gasteiger partial charge in [0.2, 0.25) is 0 Å². The summed E-state index contributed by atoms with van der Waals surface area (Å²) >= 11 is 0. The number of hydrogen-bond donors (Lipinski definition) is 0. The molecule has 0 saturated carbocycles. The highest BCUT2D eigenvalue weighted by Crippen LogP contribution is 2.37. The Hall–Kier alpha value is -2.63. The summed E-state index contributed by atoms with van der Waals surface area (Å²) in [6.45, 7) is 10.5. The van der Waals surface area contributed by atoms with Crippen LogP contribution in [-0.2, 0) is 15.7 Å². The lowest BCUT2D eigenvalue weighted by Crippen LogP contribution is -2.41. The zero-order valence-electron chi connectivity index (χ0n) is 18.3. The summed E-state index contributed by atoms with van der Waals surface area (Å²) in [4.78, 5) is 4.87. The third-order valence-electron chi connectivity index (χ3n) is 6.63. The Bertz CT molecular complexity index is 1240. The van der Waals surface area contributed by atoms with Crippen molar-refractivity contribution in [3.63, 3.8) is 0 Å². The first-order chi connectivity index (χ1) is 14.3. The Morgan fingerprint density at radius 2 is 1.47 bits per heavy atom. The summed E-state index contributed by atoms with van der Waals surface area (Å²) in [5.41, 5.74) is 3.61. The highest BCUT2D eigenvalue weighted by Gasteiger charge is 2.52. The minimum atomic E-state index is -0.390. The zero-order chi connectivity index (χ0) is 21.1. The van der Waals surface area contributed by atoms with E-state index in [0.717, 1.165) is 39.8 Å². The quantitative estimate of drug-likeness (QED) is 0.454. The number of benzene rings is 3. The average Bonchev–Trinajstić information content (AvgIpc) is 3.20. The lowest BCUT2D eigenvalue weighted by Gasteiger charge is -2.32. The lowest BCUT2D eigenvalue weighted by molar-refractivity contribution is 0.00578. The Kier molecular flexibility index (Phi) is 4.32. The zero-order valence-corrected chi connectivity index (χ0v) is 18.3. The van der Waals surface area contributed by atoms with Gasteiger partial charge in [0.15, 0.2) is 0 Å². The molecule has 4 nitrogen and oxygen atoms in total. The molecule has 0 aliphatic carbocycles. The molecule has 152 valence electrons. The van der Waals surface area contributed by atoms with Crippen LogP contribution in [-0.4, -0.2) is 27.9 Å². The minimum Gasteiger partial charge on any atom is -0.399 e. The van der Waals surface area contributed by atoms with Gasteiger partial charge < -0.3 is 9.31 Å². The van der Waals surface area contributed by atoms with Crippen LogP contribution in [0.15, 0.2) is 60.7 Å². The molecule has 0 amide bonds. The van der Waals surface area contributed by atoms with E-state index in [2.05, 4.69) is 93.8 Å². The molecule has 1 fully saturated rings. The number of hydrogen-bond acceptors (Lipinski definition) is 3. The molecule has 0 N–H and O–H groups in total. The maximum absolute atomic E-state index is 6.36. The molecule has 1 aliphatic rings. The lowest BCUT2D eigenvalue weighted by atomic mass is 9.76. The largest absolute Gasteiger partial charge is 0.495 e. The molecular formula is C25H27BN2O2. The Morgan fingerprint density at radius 3 is 2.17 bits per heavy atom. The summed E-state index contributed by atoms with van der Waals surface area (Å²) in [5, 5.41) is 2.32. The van der Waals surface area contributed by atoms with E-state index in [1.165, 1.54) is 5.39 Å². The van der Waals surface area contributed by atoms with Crippen molar-refractivity contribution in [2.24, 2.45) is 0 Å². The maximum Gasteiger partial charge on any atom is 0.495 e. The van der Waals surface area contributed by atoms with Gasteiger partial charge in [-0.3, -0.25) is 4.57 Å². The van der Waals surface area contributed by atoms with Crippen LogP contribution in [0.2, 0.25) is 0 Å². The Labute approximate surface area is 178 Å². The number of imidazole rings is 1. The van der Waals surface area contributed by atoms with Gasteiger partial charge in [-0.05, 0) is 56.7 Å². The van der Waals surface area contributed by atoms with Crippen LogP contribution >= 0.6 is 0 Å². The molecule has 0 bridgehead atoms. The molecule has 5 rings (SSSR count). The summed E-state index contributed by atoms with van der Waals surface area (Å²) < 4.78 is 15.0.